The van der Waals surface area contributed by atoms with Crippen LogP contribution in [0.25, 0.3) is 33.5 Å². The van der Waals surface area contributed by atoms with Crippen LogP contribution in [-0.4, -0.2) is 57.6 Å². The maximum atomic E-state index is 15.4. The molecular weight excluding hydrogens is 713 g/mol. The molecule has 0 unspecified atom stereocenters. The van der Waals surface area contributed by atoms with E-state index in [1.807, 2.05) is 31.5 Å². The van der Waals surface area contributed by atoms with E-state index in [0.29, 0.717) is 28.2 Å². The first-order chi connectivity index (χ1) is 18.4. The predicted octanol–water partition coefficient (Wildman–Crippen LogP) is 5.08. The molecule has 0 spiro atoms. The third kappa shape index (κ3) is 5.10. The Morgan fingerprint density at radius 2 is 1.89 bits per heavy atom. The second kappa shape index (κ2) is 11.3. The van der Waals surface area contributed by atoms with Gasteiger partial charge in [0.15, 0.2) is 0 Å². The zero-order valence-electron chi connectivity index (χ0n) is 20.9. The van der Waals surface area contributed by atoms with Crippen LogP contribution in [0.15, 0.2) is 43.1 Å². The molecule has 0 bridgehead atoms. The van der Waals surface area contributed by atoms with Crippen molar-refractivity contribution in [2.24, 2.45) is 7.05 Å². The number of ether oxygens (including phenoxy) is 1. The summed E-state index contributed by atoms with van der Waals surface area (Å²) in [6.07, 6.45) is 6.43. The van der Waals surface area contributed by atoms with Gasteiger partial charge in [0, 0.05) is 11.9 Å². The van der Waals surface area contributed by atoms with Crippen LogP contribution < -0.4 is 4.74 Å². The second-order valence-electron chi connectivity index (χ2n) is 8.37. The SMILES string of the molecule is Cc1ccnc(Oc2ccc(-c3c(-c4cnc(C#[C][Tl]=[P+]=S)c(F)c4C)n(C)c4ncnc(C)c34)nc2)n1. The fourth-order valence-corrected chi connectivity index (χ4v) is 7.57. The van der Waals surface area contributed by atoms with Gasteiger partial charge in [-0.05, 0) is 13.0 Å². The van der Waals surface area contributed by atoms with E-state index in [9.17, 15) is 0 Å². The maximum Gasteiger partial charge on any atom is -0.200 e. The number of aromatic nitrogens is 7. The van der Waals surface area contributed by atoms with E-state index in [-0.39, 0.29) is 11.7 Å². The van der Waals surface area contributed by atoms with Crippen molar-refractivity contribution in [2.75, 3.05) is 0 Å². The quantitative estimate of drug-likeness (QED) is 0.144. The van der Waals surface area contributed by atoms with Gasteiger partial charge in [-0.3, -0.25) is 0 Å². The Balaban J connectivity index is 1.67. The molecule has 0 saturated heterocycles. The Kier molecular flexibility index (Phi) is 7.88. The number of fused-ring (bicyclic) bond motifs is 1. The van der Waals surface area contributed by atoms with Crippen molar-refractivity contribution >= 4 is 49.9 Å². The van der Waals surface area contributed by atoms with Crippen molar-refractivity contribution in [3.05, 3.63) is 71.6 Å². The van der Waals surface area contributed by atoms with Gasteiger partial charge in [-0.1, -0.05) is 0 Å². The van der Waals surface area contributed by atoms with E-state index in [4.69, 9.17) is 16.5 Å². The Morgan fingerprint density at radius 3 is 2.63 bits per heavy atom. The molecule has 0 radical (unpaired) electrons. The van der Waals surface area contributed by atoms with E-state index in [2.05, 4.69) is 39.3 Å². The summed E-state index contributed by atoms with van der Waals surface area (Å²) in [6.45, 7) is 5.52. The minimum Gasteiger partial charge on any atom is -0.200 e. The summed E-state index contributed by atoms with van der Waals surface area (Å²) in [4.78, 5) is 26.4. The number of halogens is 1. The molecule has 38 heavy (non-hydrogen) atoms. The monoisotopic (exact) mass is 732 g/mol. The molecule has 0 amide bonds. The molecule has 5 heterocycles. The minimum absolute atomic E-state index is 0.149. The number of hydrogen-bond donors (Lipinski definition) is 0. The first-order valence-corrected chi connectivity index (χ1v) is 21.7. The van der Waals surface area contributed by atoms with Crippen LogP contribution in [-0.2, 0) is 18.9 Å². The van der Waals surface area contributed by atoms with Gasteiger partial charge < -0.3 is 4.74 Å². The number of hydrogen-bond acceptors (Lipinski definition) is 8. The summed E-state index contributed by atoms with van der Waals surface area (Å²) < 4.78 is 27.1. The van der Waals surface area contributed by atoms with E-state index < -0.39 is 28.9 Å². The maximum absolute atomic E-state index is 15.4. The largest absolute Gasteiger partial charge is 0.200 e. The van der Waals surface area contributed by atoms with Crippen LogP contribution in [0.5, 0.6) is 11.8 Å². The van der Waals surface area contributed by atoms with Crippen molar-refractivity contribution in [3.63, 3.8) is 0 Å². The Bertz CT molecular complexity index is 1830. The van der Waals surface area contributed by atoms with Gasteiger partial charge in [-0.2, -0.15) is 0 Å². The van der Waals surface area contributed by atoms with Gasteiger partial charge in [0.25, 0.3) is 0 Å². The van der Waals surface area contributed by atoms with Crippen LogP contribution in [0.3, 0.4) is 0 Å². The summed E-state index contributed by atoms with van der Waals surface area (Å²) in [5.41, 5.74) is 5.69. The van der Waals surface area contributed by atoms with E-state index in [1.54, 1.807) is 37.6 Å². The Hall–Kier alpha value is -3.14. The molecule has 8 nitrogen and oxygen atoms in total. The molecule has 0 N–H and O–H groups in total. The standard InChI is InChI=1S/C26H19FN7O.PS.Tl/c1-6-19-23(27)15(3)18(12-30-19)24-22(21-16(4)31-13-32-25(21)34(24)5)20-8-7-17(11-29-20)35-26-28-10-9-14(2)33-26;1-2;/h7-13H,2-5H3;;/q;-1;+2. The van der Waals surface area contributed by atoms with Gasteiger partial charge in [-0.15, -0.1) is 0 Å². The van der Waals surface area contributed by atoms with Crippen molar-refractivity contribution in [3.8, 4) is 43.7 Å². The molecule has 5 aromatic rings. The summed E-state index contributed by atoms with van der Waals surface area (Å²) in [5, 5.41) is 0.829. The average molecular weight is 732 g/mol. The first-order valence-electron chi connectivity index (χ1n) is 11.4. The van der Waals surface area contributed by atoms with Gasteiger partial charge >= 0.3 is 197 Å². The average Bonchev–Trinajstić information content (AvgIpc) is 3.20. The number of rotatable bonds is 4. The number of pyridine rings is 2. The van der Waals surface area contributed by atoms with Gasteiger partial charge in [0.2, 0.25) is 0 Å². The summed E-state index contributed by atoms with van der Waals surface area (Å²) in [7, 11) is 1.89. The summed E-state index contributed by atoms with van der Waals surface area (Å²) >= 11 is 3.65. The molecule has 12 heteroatoms. The Labute approximate surface area is 235 Å². The molecule has 0 aliphatic rings. The van der Waals surface area contributed by atoms with E-state index in [0.717, 1.165) is 32.0 Å². The van der Waals surface area contributed by atoms with Crippen LogP contribution in [0, 0.1) is 36.0 Å². The molecule has 0 aliphatic heterocycles. The van der Waals surface area contributed by atoms with Crippen molar-refractivity contribution in [2.45, 2.75) is 20.8 Å². The molecule has 184 valence electrons. The van der Waals surface area contributed by atoms with Crippen LogP contribution in [0.1, 0.15) is 22.6 Å². The molecule has 0 saturated carbocycles. The topological polar surface area (TPSA) is 91.5 Å². The normalized spacial score (nSPS) is 10.6. The van der Waals surface area contributed by atoms with Gasteiger partial charge in [0.1, 0.15) is 0 Å². The smallest absolute Gasteiger partial charge is 0.200 e. The molecule has 5 rings (SSSR count). The zero-order chi connectivity index (χ0) is 26.8. The molecule has 0 aromatic carbocycles. The van der Waals surface area contributed by atoms with Crippen LogP contribution >= 0.6 is 4.00 Å². The van der Waals surface area contributed by atoms with Crippen molar-refractivity contribution < 1.29 is 9.13 Å². The fourth-order valence-electron chi connectivity index (χ4n) is 4.17. The first kappa shape index (κ1) is 26.5. The van der Waals surface area contributed by atoms with Gasteiger partial charge in [0.05, 0.1) is 0 Å². The molecular formula is C26H19FN7OPSTl+. The van der Waals surface area contributed by atoms with Crippen molar-refractivity contribution in [1.29, 1.82) is 0 Å². The van der Waals surface area contributed by atoms with Crippen LogP contribution in [0.2, 0.25) is 0 Å². The van der Waals surface area contributed by atoms with Crippen LogP contribution in [0.4, 0.5) is 4.39 Å². The zero-order valence-corrected chi connectivity index (χ0v) is 27.1. The number of aryl methyl sites for hydroxylation is 3. The molecule has 0 fully saturated rings. The Morgan fingerprint density at radius 1 is 1.05 bits per heavy atom. The summed E-state index contributed by atoms with van der Waals surface area (Å²) in [5.74, 6) is 2.93. The van der Waals surface area contributed by atoms with Gasteiger partial charge in [-0.25, -0.2) is 9.97 Å². The minimum atomic E-state index is -1.33. The second-order valence-corrected chi connectivity index (χ2v) is 21.0. The third-order valence-corrected chi connectivity index (χ3v) is 12.3. The van der Waals surface area contributed by atoms with E-state index >= 15 is 4.39 Å². The fraction of sp³-hybridized carbons (Fsp3) is 0.154. The molecule has 0 aliphatic carbocycles. The van der Waals surface area contributed by atoms with Crippen molar-refractivity contribution in [1.82, 2.24) is 34.5 Å². The molecule has 5 aromatic heterocycles. The number of nitrogens with zero attached hydrogens (tertiary/aromatic N) is 7. The predicted molar refractivity (Wildman–Crippen MR) is 148 cm³/mol. The third-order valence-electron chi connectivity index (χ3n) is 5.96. The van der Waals surface area contributed by atoms with E-state index in [1.165, 1.54) is 6.33 Å². The molecule has 0 atom stereocenters. The summed E-state index contributed by atoms with van der Waals surface area (Å²) in [6, 6.07) is 5.68.